The number of rotatable bonds is 3. The van der Waals surface area contributed by atoms with Crippen molar-refractivity contribution in [2.45, 2.75) is 4.90 Å². The molecule has 0 unspecified atom stereocenters. The molecule has 0 aliphatic heterocycles. The van der Waals surface area contributed by atoms with E-state index in [-0.39, 0.29) is 11.4 Å². The molecule has 0 radical (unpaired) electrons. The van der Waals surface area contributed by atoms with Crippen LogP contribution in [0, 0.1) is 23.3 Å². The molecule has 0 N–H and O–H groups in total. The number of thiazole rings is 1. The third kappa shape index (κ3) is 3.17. The van der Waals surface area contributed by atoms with Crippen molar-refractivity contribution in [3.8, 4) is 16.9 Å². The first-order chi connectivity index (χ1) is 12.1. The second kappa shape index (κ2) is 6.36. The Balaban J connectivity index is 2.26. The van der Waals surface area contributed by atoms with Gasteiger partial charge in [0.1, 0.15) is 16.5 Å². The summed E-state index contributed by atoms with van der Waals surface area (Å²) in [6.45, 7) is 0. The van der Waals surface area contributed by atoms with Gasteiger partial charge in [-0.2, -0.15) is 0 Å². The van der Waals surface area contributed by atoms with Gasteiger partial charge in [0.25, 0.3) is 0 Å². The standard InChI is InChI=1S/C16H9F4NO3S2/c1-26(23,24)15-6-11(18)9(5-13(15)20)14-7-25-16(22)21(14)8-2-3-10(17)12(19)4-8/h2-7H,1H3. The first kappa shape index (κ1) is 18.3. The topological polar surface area (TPSA) is 56.1 Å². The molecule has 1 heterocycles. The molecule has 4 nitrogen and oxygen atoms in total. The van der Waals surface area contributed by atoms with Crippen molar-refractivity contribution in [2.24, 2.45) is 0 Å². The molecular weight excluding hydrogens is 394 g/mol. The molecule has 2 aromatic carbocycles. The highest BCUT2D eigenvalue weighted by atomic mass is 32.2. The van der Waals surface area contributed by atoms with Gasteiger partial charge in [-0.15, -0.1) is 0 Å². The Kier molecular flexibility index (Phi) is 4.49. The lowest BCUT2D eigenvalue weighted by Gasteiger charge is -2.11. The van der Waals surface area contributed by atoms with Crippen LogP contribution in [0.1, 0.15) is 0 Å². The second-order valence-corrected chi connectivity index (χ2v) is 8.16. The van der Waals surface area contributed by atoms with Crippen LogP contribution in [0.15, 0.2) is 45.4 Å². The highest BCUT2D eigenvalue weighted by Gasteiger charge is 2.21. The molecule has 0 saturated carbocycles. The van der Waals surface area contributed by atoms with E-state index in [1.54, 1.807) is 0 Å². The third-order valence-electron chi connectivity index (χ3n) is 3.55. The van der Waals surface area contributed by atoms with E-state index >= 15 is 0 Å². The number of halogens is 4. The predicted molar refractivity (Wildman–Crippen MR) is 88.3 cm³/mol. The molecule has 0 amide bonds. The number of hydrogen-bond donors (Lipinski definition) is 0. The van der Waals surface area contributed by atoms with Crippen LogP contribution in [0.25, 0.3) is 16.9 Å². The Morgan fingerprint density at radius 3 is 2.23 bits per heavy atom. The fourth-order valence-electron chi connectivity index (χ4n) is 2.37. The van der Waals surface area contributed by atoms with Gasteiger partial charge in [0.15, 0.2) is 21.5 Å². The molecule has 136 valence electrons. The molecule has 1 aromatic heterocycles. The van der Waals surface area contributed by atoms with Crippen molar-refractivity contribution in [1.82, 2.24) is 4.57 Å². The molecule has 0 saturated heterocycles. The highest BCUT2D eigenvalue weighted by molar-refractivity contribution is 7.90. The van der Waals surface area contributed by atoms with E-state index in [1.807, 2.05) is 0 Å². The minimum Gasteiger partial charge on any atom is -0.267 e. The van der Waals surface area contributed by atoms with Crippen LogP contribution in [0.3, 0.4) is 0 Å². The maximum atomic E-state index is 14.4. The second-order valence-electron chi connectivity index (χ2n) is 5.36. The van der Waals surface area contributed by atoms with Crippen molar-refractivity contribution in [3.05, 3.63) is 68.6 Å². The lowest BCUT2D eigenvalue weighted by Crippen LogP contribution is -2.13. The van der Waals surface area contributed by atoms with Gasteiger partial charge >= 0.3 is 4.87 Å². The Bertz CT molecular complexity index is 1180. The Morgan fingerprint density at radius 2 is 1.62 bits per heavy atom. The summed E-state index contributed by atoms with van der Waals surface area (Å²) in [7, 11) is -3.99. The van der Waals surface area contributed by atoms with Crippen LogP contribution in [0.2, 0.25) is 0 Å². The summed E-state index contributed by atoms with van der Waals surface area (Å²) in [5.74, 6) is -4.63. The van der Waals surface area contributed by atoms with Gasteiger partial charge in [-0.3, -0.25) is 9.36 Å². The lowest BCUT2D eigenvalue weighted by molar-refractivity contribution is 0.508. The van der Waals surface area contributed by atoms with Gasteiger partial charge in [0.2, 0.25) is 0 Å². The molecule has 0 aliphatic carbocycles. The van der Waals surface area contributed by atoms with Gasteiger partial charge in [0.05, 0.1) is 11.4 Å². The number of hydrogen-bond acceptors (Lipinski definition) is 4. The SMILES string of the molecule is CS(=O)(=O)c1cc(F)c(-c2csc(=O)n2-c2ccc(F)c(F)c2)cc1F. The van der Waals surface area contributed by atoms with Crippen LogP contribution in [-0.2, 0) is 9.84 Å². The molecule has 10 heteroatoms. The minimum absolute atomic E-state index is 0.0860. The zero-order valence-electron chi connectivity index (χ0n) is 13.0. The quantitative estimate of drug-likeness (QED) is 0.629. The Labute approximate surface area is 148 Å². The van der Waals surface area contributed by atoms with Crippen molar-refractivity contribution >= 4 is 21.2 Å². The molecule has 0 aliphatic rings. The maximum absolute atomic E-state index is 14.4. The molecule has 0 spiro atoms. The van der Waals surface area contributed by atoms with E-state index in [4.69, 9.17) is 0 Å². The average molecular weight is 403 g/mol. The first-order valence-corrected chi connectivity index (χ1v) is 9.72. The molecule has 3 rings (SSSR count). The van der Waals surface area contributed by atoms with Crippen molar-refractivity contribution < 1.29 is 26.0 Å². The normalized spacial score (nSPS) is 11.7. The molecule has 3 aromatic rings. The molecular formula is C16H9F4NO3S2. The lowest BCUT2D eigenvalue weighted by atomic mass is 10.1. The molecule has 26 heavy (non-hydrogen) atoms. The zero-order valence-corrected chi connectivity index (χ0v) is 14.6. The smallest absolute Gasteiger partial charge is 0.267 e. The number of aromatic nitrogens is 1. The summed E-state index contributed by atoms with van der Waals surface area (Å²) < 4.78 is 79.0. The number of sulfone groups is 1. The van der Waals surface area contributed by atoms with Gasteiger partial charge in [0, 0.05) is 23.3 Å². The van der Waals surface area contributed by atoms with Crippen LogP contribution in [-0.4, -0.2) is 19.2 Å². The Hall–Kier alpha value is -2.46. The van der Waals surface area contributed by atoms with E-state index in [1.165, 1.54) is 5.38 Å². The van der Waals surface area contributed by atoms with E-state index in [0.29, 0.717) is 23.5 Å². The van der Waals surface area contributed by atoms with Gasteiger partial charge in [-0.05, 0) is 24.3 Å². The number of benzene rings is 2. The maximum Gasteiger partial charge on any atom is 0.312 e. The monoisotopic (exact) mass is 403 g/mol. The van der Waals surface area contributed by atoms with Crippen LogP contribution in [0.5, 0.6) is 0 Å². The summed E-state index contributed by atoms with van der Waals surface area (Å²) in [5, 5.41) is 1.21. The number of nitrogens with zero attached hydrogens (tertiary/aromatic N) is 1. The van der Waals surface area contributed by atoms with Crippen molar-refractivity contribution in [2.75, 3.05) is 6.26 Å². The minimum atomic E-state index is -3.99. The fraction of sp³-hybridized carbons (Fsp3) is 0.0625. The molecule has 0 bridgehead atoms. The van der Waals surface area contributed by atoms with E-state index < -0.39 is 48.4 Å². The Morgan fingerprint density at radius 1 is 0.923 bits per heavy atom. The summed E-state index contributed by atoms with van der Waals surface area (Å²) >= 11 is 0.639. The average Bonchev–Trinajstić information content (AvgIpc) is 2.92. The van der Waals surface area contributed by atoms with E-state index in [2.05, 4.69) is 0 Å². The van der Waals surface area contributed by atoms with E-state index in [9.17, 15) is 30.8 Å². The summed E-state index contributed by atoms with van der Waals surface area (Å²) in [6, 6.07) is 3.80. The van der Waals surface area contributed by atoms with Crippen molar-refractivity contribution in [3.63, 3.8) is 0 Å². The van der Waals surface area contributed by atoms with Crippen LogP contribution in [0.4, 0.5) is 17.6 Å². The summed E-state index contributed by atoms with van der Waals surface area (Å²) in [5.41, 5.74) is -0.599. The third-order valence-corrected chi connectivity index (χ3v) is 5.39. The van der Waals surface area contributed by atoms with Crippen LogP contribution >= 0.6 is 11.3 Å². The van der Waals surface area contributed by atoms with Gasteiger partial charge in [-0.1, -0.05) is 11.3 Å². The van der Waals surface area contributed by atoms with Crippen LogP contribution < -0.4 is 4.87 Å². The van der Waals surface area contributed by atoms with Gasteiger partial charge in [-0.25, -0.2) is 26.0 Å². The molecule has 0 fully saturated rings. The highest BCUT2D eigenvalue weighted by Crippen LogP contribution is 2.30. The molecule has 0 atom stereocenters. The summed E-state index contributed by atoms with van der Waals surface area (Å²) in [6.07, 6.45) is 0.729. The predicted octanol–water partition coefficient (Wildman–Crippen LogP) is 3.53. The van der Waals surface area contributed by atoms with E-state index in [0.717, 1.165) is 29.0 Å². The zero-order chi connectivity index (χ0) is 19.2. The van der Waals surface area contributed by atoms with Gasteiger partial charge < -0.3 is 0 Å². The van der Waals surface area contributed by atoms with Crippen molar-refractivity contribution in [1.29, 1.82) is 0 Å². The largest absolute Gasteiger partial charge is 0.312 e. The first-order valence-electron chi connectivity index (χ1n) is 6.95. The summed E-state index contributed by atoms with van der Waals surface area (Å²) in [4.78, 5) is 10.6. The fourth-order valence-corrected chi connectivity index (χ4v) is 3.86.